The zero-order valence-corrected chi connectivity index (χ0v) is 13.4. The molecule has 1 fully saturated rings. The third-order valence-corrected chi connectivity index (χ3v) is 5.58. The van der Waals surface area contributed by atoms with Crippen LogP contribution in [-0.2, 0) is 21.2 Å². The Kier molecular flexibility index (Phi) is 5.52. The maximum absolute atomic E-state index is 12.8. The SMILES string of the molecule is CCN(C(=O)CNCc1ccc(F)cc1)C1CCS(=O)(=O)C1. The van der Waals surface area contributed by atoms with Crippen LogP contribution in [0.15, 0.2) is 24.3 Å². The van der Waals surface area contributed by atoms with Crippen LogP contribution in [-0.4, -0.2) is 49.9 Å². The van der Waals surface area contributed by atoms with Crippen molar-refractivity contribution in [2.24, 2.45) is 0 Å². The van der Waals surface area contributed by atoms with Gasteiger partial charge < -0.3 is 10.2 Å². The summed E-state index contributed by atoms with van der Waals surface area (Å²) >= 11 is 0. The molecule has 7 heteroatoms. The van der Waals surface area contributed by atoms with Gasteiger partial charge in [-0.1, -0.05) is 12.1 Å². The predicted molar refractivity (Wildman–Crippen MR) is 82.6 cm³/mol. The van der Waals surface area contributed by atoms with Crippen molar-refractivity contribution in [3.8, 4) is 0 Å². The molecule has 2 rings (SSSR count). The minimum atomic E-state index is -3.00. The monoisotopic (exact) mass is 328 g/mol. The van der Waals surface area contributed by atoms with Crippen molar-refractivity contribution >= 4 is 15.7 Å². The summed E-state index contributed by atoms with van der Waals surface area (Å²) in [6.07, 6.45) is 0.514. The second-order valence-electron chi connectivity index (χ2n) is 5.47. The van der Waals surface area contributed by atoms with Crippen LogP contribution in [0.1, 0.15) is 18.9 Å². The summed E-state index contributed by atoms with van der Waals surface area (Å²) in [4.78, 5) is 13.9. The Morgan fingerprint density at radius 2 is 2.05 bits per heavy atom. The fraction of sp³-hybridized carbons (Fsp3) is 0.533. The molecule has 1 aliphatic rings. The number of benzene rings is 1. The van der Waals surface area contributed by atoms with Crippen molar-refractivity contribution in [2.75, 3.05) is 24.6 Å². The highest BCUT2D eigenvalue weighted by atomic mass is 32.2. The van der Waals surface area contributed by atoms with Gasteiger partial charge in [0.1, 0.15) is 5.82 Å². The van der Waals surface area contributed by atoms with Crippen LogP contribution in [0.2, 0.25) is 0 Å². The van der Waals surface area contributed by atoms with E-state index in [2.05, 4.69) is 5.32 Å². The highest BCUT2D eigenvalue weighted by Gasteiger charge is 2.33. The number of carbonyl (C=O) groups excluding carboxylic acids is 1. The van der Waals surface area contributed by atoms with Crippen molar-refractivity contribution in [2.45, 2.75) is 25.9 Å². The smallest absolute Gasteiger partial charge is 0.236 e. The summed E-state index contributed by atoms with van der Waals surface area (Å²) in [6, 6.07) is 5.86. The molecule has 0 radical (unpaired) electrons. The Bertz CT molecular complexity index is 616. The third-order valence-electron chi connectivity index (χ3n) is 3.83. The lowest BCUT2D eigenvalue weighted by molar-refractivity contribution is -0.131. The lowest BCUT2D eigenvalue weighted by Gasteiger charge is -2.27. The number of amides is 1. The fourth-order valence-corrected chi connectivity index (χ4v) is 4.41. The molecule has 0 aliphatic carbocycles. The number of nitrogens with zero attached hydrogens (tertiary/aromatic N) is 1. The molecular formula is C15H21FN2O3S. The van der Waals surface area contributed by atoms with E-state index in [-0.39, 0.29) is 35.8 Å². The van der Waals surface area contributed by atoms with E-state index in [9.17, 15) is 17.6 Å². The molecule has 0 aromatic heterocycles. The lowest BCUT2D eigenvalue weighted by atomic mass is 10.2. The molecule has 1 aliphatic heterocycles. The molecule has 5 nitrogen and oxygen atoms in total. The first-order chi connectivity index (χ1) is 10.4. The molecule has 1 atom stereocenters. The molecule has 0 bridgehead atoms. The number of sulfone groups is 1. The van der Waals surface area contributed by atoms with Gasteiger partial charge in [-0.2, -0.15) is 0 Å². The highest BCUT2D eigenvalue weighted by molar-refractivity contribution is 7.91. The van der Waals surface area contributed by atoms with E-state index in [4.69, 9.17) is 0 Å². The Morgan fingerprint density at radius 3 is 2.59 bits per heavy atom. The number of likely N-dealkylation sites (N-methyl/N-ethyl adjacent to an activating group) is 1. The van der Waals surface area contributed by atoms with Crippen LogP contribution in [0, 0.1) is 5.82 Å². The molecule has 1 saturated heterocycles. The average Bonchev–Trinajstić information content (AvgIpc) is 2.82. The maximum Gasteiger partial charge on any atom is 0.236 e. The first kappa shape index (κ1) is 16.9. The molecule has 0 spiro atoms. The summed E-state index contributed by atoms with van der Waals surface area (Å²) in [5, 5.41) is 3.02. The number of nitrogens with one attached hydrogen (secondary N) is 1. The van der Waals surface area contributed by atoms with E-state index in [1.54, 1.807) is 17.0 Å². The molecule has 1 N–H and O–H groups in total. The number of rotatable bonds is 6. The lowest BCUT2D eigenvalue weighted by Crippen LogP contribution is -2.45. The first-order valence-electron chi connectivity index (χ1n) is 7.36. The molecule has 22 heavy (non-hydrogen) atoms. The van der Waals surface area contributed by atoms with Gasteiger partial charge in [0.05, 0.1) is 18.1 Å². The predicted octanol–water partition coefficient (Wildman–Crippen LogP) is 0.951. The highest BCUT2D eigenvalue weighted by Crippen LogP contribution is 2.17. The molecular weight excluding hydrogens is 307 g/mol. The summed E-state index contributed by atoms with van der Waals surface area (Å²) in [6.45, 7) is 2.95. The van der Waals surface area contributed by atoms with Crippen molar-refractivity contribution in [3.63, 3.8) is 0 Å². The van der Waals surface area contributed by atoms with Crippen LogP contribution in [0.25, 0.3) is 0 Å². The van der Waals surface area contributed by atoms with Gasteiger partial charge in [0.25, 0.3) is 0 Å². The largest absolute Gasteiger partial charge is 0.338 e. The Labute approximate surface area is 130 Å². The van der Waals surface area contributed by atoms with E-state index in [1.165, 1.54) is 12.1 Å². The van der Waals surface area contributed by atoms with Crippen LogP contribution in [0.4, 0.5) is 4.39 Å². The number of hydrogen-bond donors (Lipinski definition) is 1. The fourth-order valence-electron chi connectivity index (χ4n) is 2.68. The molecule has 1 heterocycles. The van der Waals surface area contributed by atoms with Gasteiger partial charge >= 0.3 is 0 Å². The first-order valence-corrected chi connectivity index (χ1v) is 9.18. The zero-order chi connectivity index (χ0) is 16.2. The van der Waals surface area contributed by atoms with E-state index >= 15 is 0 Å². The van der Waals surface area contributed by atoms with Gasteiger partial charge in [0.2, 0.25) is 5.91 Å². The van der Waals surface area contributed by atoms with Gasteiger partial charge in [0, 0.05) is 19.1 Å². The van der Waals surface area contributed by atoms with Crippen molar-refractivity contribution in [3.05, 3.63) is 35.6 Å². The maximum atomic E-state index is 12.8. The van der Waals surface area contributed by atoms with Gasteiger partial charge in [-0.05, 0) is 31.0 Å². The standard InChI is InChI=1S/C15H21FN2O3S/c1-2-18(14-7-8-22(20,21)11-14)15(19)10-17-9-12-3-5-13(16)6-4-12/h3-6,14,17H,2,7-11H2,1H3. The van der Waals surface area contributed by atoms with Crippen LogP contribution < -0.4 is 5.32 Å². The normalized spacial score (nSPS) is 20.0. The van der Waals surface area contributed by atoms with Gasteiger partial charge in [0.15, 0.2) is 9.84 Å². The molecule has 1 aromatic carbocycles. The molecule has 122 valence electrons. The second-order valence-corrected chi connectivity index (χ2v) is 7.70. The minimum absolute atomic E-state index is 0.0601. The number of hydrogen-bond acceptors (Lipinski definition) is 4. The summed E-state index contributed by atoms with van der Waals surface area (Å²) in [7, 11) is -3.00. The summed E-state index contributed by atoms with van der Waals surface area (Å²) < 4.78 is 35.8. The van der Waals surface area contributed by atoms with Gasteiger partial charge in [-0.25, -0.2) is 12.8 Å². The van der Waals surface area contributed by atoms with Crippen LogP contribution in [0.5, 0.6) is 0 Å². The van der Waals surface area contributed by atoms with Gasteiger partial charge in [-0.3, -0.25) is 4.79 Å². The summed E-state index contributed by atoms with van der Waals surface area (Å²) in [5.41, 5.74) is 0.890. The van der Waals surface area contributed by atoms with E-state index in [0.717, 1.165) is 5.56 Å². The Balaban J connectivity index is 1.83. The Hall–Kier alpha value is -1.47. The van der Waals surface area contributed by atoms with Crippen LogP contribution in [0.3, 0.4) is 0 Å². The van der Waals surface area contributed by atoms with Crippen molar-refractivity contribution in [1.82, 2.24) is 10.2 Å². The molecule has 1 unspecified atom stereocenters. The second kappa shape index (κ2) is 7.19. The zero-order valence-electron chi connectivity index (χ0n) is 12.6. The van der Waals surface area contributed by atoms with Crippen molar-refractivity contribution in [1.29, 1.82) is 0 Å². The topological polar surface area (TPSA) is 66.5 Å². The number of halogens is 1. The quantitative estimate of drug-likeness (QED) is 0.844. The van der Waals surface area contributed by atoms with Crippen LogP contribution >= 0.6 is 0 Å². The van der Waals surface area contributed by atoms with E-state index in [0.29, 0.717) is 19.5 Å². The molecule has 1 amide bonds. The minimum Gasteiger partial charge on any atom is -0.338 e. The van der Waals surface area contributed by atoms with E-state index in [1.807, 2.05) is 6.92 Å². The van der Waals surface area contributed by atoms with E-state index < -0.39 is 9.84 Å². The third kappa shape index (κ3) is 4.51. The summed E-state index contributed by atoms with van der Waals surface area (Å²) in [5.74, 6) is -0.180. The van der Waals surface area contributed by atoms with Crippen molar-refractivity contribution < 1.29 is 17.6 Å². The van der Waals surface area contributed by atoms with Gasteiger partial charge in [-0.15, -0.1) is 0 Å². The average molecular weight is 328 g/mol. The molecule has 0 saturated carbocycles. The molecule has 1 aromatic rings. The number of carbonyl (C=O) groups is 1. The Morgan fingerprint density at radius 1 is 1.36 bits per heavy atom.